The molecule has 5 rings (SSSR count). The van der Waals surface area contributed by atoms with Crippen LogP contribution in [0.25, 0.3) is 45.7 Å². The first-order valence-corrected chi connectivity index (χ1v) is 10.00. The molecule has 0 amide bonds. The highest BCUT2D eigenvalue weighted by Crippen LogP contribution is 2.36. The molecule has 0 atom stereocenters. The van der Waals surface area contributed by atoms with Crippen molar-refractivity contribution in [3.63, 3.8) is 0 Å². The lowest BCUT2D eigenvalue weighted by molar-refractivity contribution is 0.368. The number of nitriles is 1. The molecule has 0 bridgehead atoms. The van der Waals surface area contributed by atoms with Crippen LogP contribution in [0.4, 0.5) is 0 Å². The monoisotopic (exact) mass is 419 g/mol. The minimum absolute atomic E-state index is 0.0219. The van der Waals surface area contributed by atoms with Crippen LogP contribution >= 0.6 is 0 Å². The quantitative estimate of drug-likeness (QED) is 0.324. The Morgan fingerprint density at radius 2 is 1.50 bits per heavy atom. The Bertz CT molecular complexity index is 1330. The number of nitrogens with zero attached hydrogens (tertiary/aromatic N) is 3. The van der Waals surface area contributed by atoms with E-state index in [0.29, 0.717) is 23.2 Å². The standard InChI is InChI=1S/C26H17N3O3/c27-14-15-30-21-13-7-12-20(16-21)22-17-28-25(31-22)26-29-23(18-8-3-1-4-9-18)24(32-26)19-10-5-2-6-11-19/h1-13,16-17H,15H2. The van der Waals surface area contributed by atoms with Crippen LogP contribution < -0.4 is 4.74 Å². The zero-order valence-corrected chi connectivity index (χ0v) is 16.9. The van der Waals surface area contributed by atoms with Crippen LogP contribution in [0, 0.1) is 11.3 Å². The summed E-state index contributed by atoms with van der Waals surface area (Å²) in [5.74, 6) is 2.35. The summed E-state index contributed by atoms with van der Waals surface area (Å²) in [6, 6.07) is 28.9. The summed E-state index contributed by atoms with van der Waals surface area (Å²) in [6.45, 7) is -0.0219. The zero-order valence-electron chi connectivity index (χ0n) is 16.9. The Balaban J connectivity index is 1.53. The Labute approximate surface area is 184 Å². The summed E-state index contributed by atoms with van der Waals surface area (Å²) < 4.78 is 17.5. The van der Waals surface area contributed by atoms with Gasteiger partial charge >= 0.3 is 0 Å². The van der Waals surface area contributed by atoms with Crippen molar-refractivity contribution in [1.82, 2.24) is 9.97 Å². The van der Waals surface area contributed by atoms with E-state index in [4.69, 9.17) is 23.8 Å². The van der Waals surface area contributed by atoms with Crippen molar-refractivity contribution < 1.29 is 13.6 Å². The number of benzene rings is 3. The Morgan fingerprint density at radius 3 is 2.25 bits per heavy atom. The molecule has 32 heavy (non-hydrogen) atoms. The molecule has 0 saturated carbocycles. The van der Waals surface area contributed by atoms with Crippen molar-refractivity contribution in [1.29, 1.82) is 5.26 Å². The van der Waals surface area contributed by atoms with Crippen molar-refractivity contribution in [2.75, 3.05) is 6.61 Å². The van der Waals surface area contributed by atoms with E-state index >= 15 is 0 Å². The molecule has 3 aromatic carbocycles. The maximum Gasteiger partial charge on any atom is 0.284 e. The molecule has 154 valence electrons. The number of aromatic nitrogens is 2. The van der Waals surface area contributed by atoms with Crippen molar-refractivity contribution in [3.8, 4) is 57.5 Å². The summed E-state index contributed by atoms with van der Waals surface area (Å²) in [4.78, 5) is 9.09. The van der Waals surface area contributed by atoms with Gasteiger partial charge in [0, 0.05) is 16.7 Å². The predicted octanol–water partition coefficient (Wildman–Crippen LogP) is 6.23. The number of ether oxygens (including phenoxy) is 1. The maximum absolute atomic E-state index is 8.71. The Hall–Kier alpha value is -4.63. The summed E-state index contributed by atoms with van der Waals surface area (Å²) in [7, 11) is 0. The average molecular weight is 419 g/mol. The van der Waals surface area contributed by atoms with E-state index in [0.717, 1.165) is 22.4 Å². The van der Waals surface area contributed by atoms with E-state index in [1.165, 1.54) is 0 Å². The first kappa shape index (κ1) is 19.3. The third-order valence-corrected chi connectivity index (χ3v) is 4.82. The second-order valence-electron chi connectivity index (χ2n) is 6.93. The lowest BCUT2D eigenvalue weighted by Gasteiger charge is -2.02. The highest BCUT2D eigenvalue weighted by Gasteiger charge is 2.21. The minimum atomic E-state index is -0.0219. The smallest absolute Gasteiger partial charge is 0.284 e. The van der Waals surface area contributed by atoms with Gasteiger partial charge in [-0.1, -0.05) is 72.8 Å². The largest absolute Gasteiger partial charge is 0.479 e. The second-order valence-corrected chi connectivity index (χ2v) is 6.93. The molecule has 0 fully saturated rings. The van der Waals surface area contributed by atoms with E-state index in [1.54, 1.807) is 18.3 Å². The molecule has 6 nitrogen and oxygen atoms in total. The van der Waals surface area contributed by atoms with Crippen molar-refractivity contribution in [3.05, 3.63) is 91.1 Å². The molecule has 0 saturated heterocycles. The molecule has 0 N–H and O–H groups in total. The molecular formula is C26H17N3O3. The average Bonchev–Trinajstić information content (AvgIpc) is 3.52. The number of rotatable bonds is 6. The van der Waals surface area contributed by atoms with Gasteiger partial charge < -0.3 is 13.6 Å². The van der Waals surface area contributed by atoms with Gasteiger partial charge in [-0.2, -0.15) is 5.26 Å². The van der Waals surface area contributed by atoms with Crippen LogP contribution in [-0.2, 0) is 0 Å². The zero-order chi connectivity index (χ0) is 21.8. The molecule has 2 heterocycles. The molecule has 0 unspecified atom stereocenters. The molecule has 0 spiro atoms. The lowest BCUT2D eigenvalue weighted by Crippen LogP contribution is -1.92. The molecule has 6 heteroatoms. The Morgan fingerprint density at radius 1 is 0.781 bits per heavy atom. The van der Waals surface area contributed by atoms with E-state index in [-0.39, 0.29) is 12.5 Å². The van der Waals surface area contributed by atoms with Gasteiger partial charge in [0.2, 0.25) is 0 Å². The maximum atomic E-state index is 8.71. The normalized spacial score (nSPS) is 10.6. The van der Waals surface area contributed by atoms with Crippen LogP contribution in [0.1, 0.15) is 0 Å². The fourth-order valence-electron chi connectivity index (χ4n) is 3.35. The minimum Gasteiger partial charge on any atom is -0.479 e. The third kappa shape index (κ3) is 3.87. The van der Waals surface area contributed by atoms with Gasteiger partial charge in [-0.05, 0) is 12.1 Å². The SMILES string of the molecule is N#CCOc1cccc(-c2cnc(-c3nc(-c4ccccc4)c(-c4ccccc4)o3)o2)c1. The van der Waals surface area contributed by atoms with E-state index in [2.05, 4.69) is 4.98 Å². The lowest BCUT2D eigenvalue weighted by atomic mass is 10.1. The number of oxazole rings is 2. The predicted molar refractivity (Wildman–Crippen MR) is 119 cm³/mol. The highest BCUT2D eigenvalue weighted by atomic mass is 16.5. The van der Waals surface area contributed by atoms with Crippen molar-refractivity contribution in [2.24, 2.45) is 0 Å². The molecule has 0 aliphatic heterocycles. The summed E-state index contributed by atoms with van der Waals surface area (Å²) in [5, 5.41) is 8.71. The van der Waals surface area contributed by atoms with Crippen LogP contribution in [0.3, 0.4) is 0 Å². The molecule has 2 aromatic heterocycles. The summed E-state index contributed by atoms with van der Waals surface area (Å²) in [6.07, 6.45) is 1.62. The molecule has 0 aliphatic carbocycles. The van der Waals surface area contributed by atoms with Gasteiger partial charge in [0.25, 0.3) is 11.8 Å². The molecule has 0 aliphatic rings. The fraction of sp³-hybridized carbons (Fsp3) is 0.0385. The van der Waals surface area contributed by atoms with Gasteiger partial charge in [-0.3, -0.25) is 0 Å². The van der Waals surface area contributed by atoms with Crippen molar-refractivity contribution in [2.45, 2.75) is 0 Å². The van der Waals surface area contributed by atoms with Gasteiger partial charge in [0.1, 0.15) is 17.5 Å². The van der Waals surface area contributed by atoms with Crippen LogP contribution in [-0.4, -0.2) is 16.6 Å². The van der Waals surface area contributed by atoms with E-state index < -0.39 is 0 Å². The van der Waals surface area contributed by atoms with Gasteiger partial charge in [-0.25, -0.2) is 9.97 Å². The van der Waals surface area contributed by atoms with Crippen LogP contribution in [0.2, 0.25) is 0 Å². The molecule has 5 aromatic rings. The van der Waals surface area contributed by atoms with E-state index in [9.17, 15) is 0 Å². The first-order valence-electron chi connectivity index (χ1n) is 10.00. The van der Waals surface area contributed by atoms with Gasteiger partial charge in [0.05, 0.1) is 6.20 Å². The number of hydrogen-bond acceptors (Lipinski definition) is 6. The summed E-state index contributed by atoms with van der Waals surface area (Å²) in [5.41, 5.74) is 3.35. The van der Waals surface area contributed by atoms with Gasteiger partial charge in [0.15, 0.2) is 18.1 Å². The van der Waals surface area contributed by atoms with E-state index in [1.807, 2.05) is 78.9 Å². The van der Waals surface area contributed by atoms with Crippen LogP contribution in [0.5, 0.6) is 5.75 Å². The topological polar surface area (TPSA) is 85.1 Å². The first-order chi connectivity index (χ1) is 15.8. The van der Waals surface area contributed by atoms with Gasteiger partial charge in [-0.15, -0.1) is 0 Å². The number of hydrogen-bond donors (Lipinski definition) is 0. The Kier molecular flexibility index (Phi) is 5.21. The summed E-state index contributed by atoms with van der Waals surface area (Å²) >= 11 is 0. The molecule has 0 radical (unpaired) electrons. The van der Waals surface area contributed by atoms with Crippen LogP contribution in [0.15, 0.2) is 100.0 Å². The van der Waals surface area contributed by atoms with Crippen molar-refractivity contribution >= 4 is 0 Å². The molecular weight excluding hydrogens is 402 g/mol. The fourth-order valence-corrected chi connectivity index (χ4v) is 3.35. The third-order valence-electron chi connectivity index (χ3n) is 4.82. The highest BCUT2D eigenvalue weighted by molar-refractivity contribution is 5.78. The second kappa shape index (κ2) is 8.62.